The number of benzene rings is 1. The van der Waals surface area contributed by atoms with Crippen LogP contribution in [-0.4, -0.2) is 24.2 Å². The summed E-state index contributed by atoms with van der Waals surface area (Å²) in [5.41, 5.74) is 0.603. The van der Waals surface area contributed by atoms with Crippen molar-refractivity contribution in [2.24, 2.45) is 5.41 Å². The first-order valence-corrected chi connectivity index (χ1v) is 7.08. The first kappa shape index (κ1) is 13.8. The fraction of sp³-hybridized carbons (Fsp3) is 0.462. The first-order chi connectivity index (χ1) is 8.56. The number of carbonyl (C=O) groups excluding carboxylic acids is 1. The van der Waals surface area contributed by atoms with Crippen molar-refractivity contribution in [2.75, 3.05) is 13.2 Å². The van der Waals surface area contributed by atoms with Crippen LogP contribution in [0.15, 0.2) is 22.7 Å². The molecule has 0 unspecified atom stereocenters. The van der Waals surface area contributed by atoms with Gasteiger partial charge in [0.1, 0.15) is 0 Å². The second kappa shape index (κ2) is 5.59. The normalized spacial score (nSPS) is 16.4. The maximum absolute atomic E-state index is 12.0. The van der Waals surface area contributed by atoms with Gasteiger partial charge in [0.2, 0.25) is 0 Å². The summed E-state index contributed by atoms with van der Waals surface area (Å²) in [6.45, 7) is 0.785. The number of rotatable bonds is 5. The van der Waals surface area contributed by atoms with Gasteiger partial charge in [0.15, 0.2) is 0 Å². The first-order valence-electron chi connectivity index (χ1n) is 5.90. The molecule has 2 N–H and O–H groups in total. The lowest BCUT2D eigenvalue weighted by atomic mass is 10.0. The van der Waals surface area contributed by atoms with Gasteiger partial charge in [-0.05, 0) is 42.9 Å². The van der Waals surface area contributed by atoms with E-state index in [1.165, 1.54) is 0 Å². The average molecular weight is 333 g/mol. The molecule has 18 heavy (non-hydrogen) atoms. The Bertz CT molecular complexity index is 460. The minimum absolute atomic E-state index is 0.117. The molecule has 0 aliphatic heterocycles. The smallest absolute Gasteiger partial charge is 0.252 e. The third-order valence-electron chi connectivity index (χ3n) is 3.40. The van der Waals surface area contributed by atoms with Crippen LogP contribution in [0.25, 0.3) is 0 Å². The van der Waals surface area contributed by atoms with Crippen molar-refractivity contribution >= 4 is 33.4 Å². The molecule has 1 aromatic rings. The lowest BCUT2D eigenvalue weighted by Gasteiger charge is -2.15. The molecule has 0 saturated heterocycles. The zero-order valence-electron chi connectivity index (χ0n) is 9.88. The van der Waals surface area contributed by atoms with Gasteiger partial charge in [0, 0.05) is 17.6 Å². The van der Waals surface area contributed by atoms with Gasteiger partial charge in [-0.3, -0.25) is 4.79 Å². The van der Waals surface area contributed by atoms with E-state index >= 15 is 0 Å². The zero-order chi connectivity index (χ0) is 13.2. The summed E-state index contributed by atoms with van der Waals surface area (Å²) in [5, 5.41) is 12.3. The van der Waals surface area contributed by atoms with E-state index in [9.17, 15) is 4.79 Å². The van der Waals surface area contributed by atoms with Crippen LogP contribution in [0, 0.1) is 5.41 Å². The highest BCUT2D eigenvalue weighted by Gasteiger charge is 2.41. The van der Waals surface area contributed by atoms with Crippen molar-refractivity contribution in [3.8, 4) is 0 Å². The van der Waals surface area contributed by atoms with Crippen LogP contribution in [0.1, 0.15) is 29.6 Å². The highest BCUT2D eigenvalue weighted by atomic mass is 79.9. The molecule has 1 amide bonds. The van der Waals surface area contributed by atoms with E-state index < -0.39 is 0 Å². The maximum atomic E-state index is 12.0. The molecule has 98 valence electrons. The van der Waals surface area contributed by atoms with E-state index in [1.54, 1.807) is 18.2 Å². The Morgan fingerprint density at radius 3 is 2.78 bits per heavy atom. The van der Waals surface area contributed by atoms with Crippen molar-refractivity contribution in [3.63, 3.8) is 0 Å². The van der Waals surface area contributed by atoms with E-state index in [2.05, 4.69) is 21.2 Å². The van der Waals surface area contributed by atoms with Crippen molar-refractivity contribution < 1.29 is 9.90 Å². The molecular weight excluding hydrogens is 318 g/mol. The fourth-order valence-corrected chi connectivity index (χ4v) is 2.72. The zero-order valence-corrected chi connectivity index (χ0v) is 12.2. The number of amides is 1. The number of carbonyl (C=O) groups is 1. The lowest BCUT2D eigenvalue weighted by Crippen LogP contribution is -2.30. The molecule has 5 heteroatoms. The molecule has 1 saturated carbocycles. The number of hydrogen-bond donors (Lipinski definition) is 2. The van der Waals surface area contributed by atoms with Gasteiger partial charge >= 0.3 is 0 Å². The third-order valence-corrected chi connectivity index (χ3v) is 4.20. The number of hydrogen-bond acceptors (Lipinski definition) is 2. The third kappa shape index (κ3) is 3.25. The summed E-state index contributed by atoms with van der Waals surface area (Å²) >= 11 is 9.32. The minimum Gasteiger partial charge on any atom is -0.396 e. The summed E-state index contributed by atoms with van der Waals surface area (Å²) < 4.78 is 0.850. The standard InChI is InChI=1S/C13H15BrClNO2/c14-9-1-2-10(11(15)7-9)12(18)16-8-13(3-4-13)5-6-17/h1-2,7,17H,3-6,8H2,(H,16,18). The van der Waals surface area contributed by atoms with E-state index in [0.717, 1.165) is 23.7 Å². The Balaban J connectivity index is 1.96. The Kier molecular flexibility index (Phi) is 4.30. The van der Waals surface area contributed by atoms with Gasteiger partial charge in [-0.1, -0.05) is 27.5 Å². The second-order valence-corrected chi connectivity index (χ2v) is 6.10. The van der Waals surface area contributed by atoms with E-state index in [-0.39, 0.29) is 17.9 Å². The molecule has 0 aromatic heterocycles. The highest BCUT2D eigenvalue weighted by Crippen LogP contribution is 2.47. The average Bonchev–Trinajstić information content (AvgIpc) is 3.07. The Morgan fingerprint density at radius 1 is 1.50 bits per heavy atom. The predicted octanol–water partition coefficient (Wildman–Crippen LogP) is 2.99. The topological polar surface area (TPSA) is 49.3 Å². The van der Waals surface area contributed by atoms with Crippen LogP contribution in [0.5, 0.6) is 0 Å². The van der Waals surface area contributed by atoms with Gasteiger partial charge in [-0.25, -0.2) is 0 Å². The van der Waals surface area contributed by atoms with Crippen LogP contribution >= 0.6 is 27.5 Å². The molecule has 0 bridgehead atoms. The lowest BCUT2D eigenvalue weighted by molar-refractivity contribution is 0.0941. The van der Waals surface area contributed by atoms with Crippen LogP contribution < -0.4 is 5.32 Å². The minimum atomic E-state index is -0.156. The molecule has 1 aliphatic carbocycles. The van der Waals surface area contributed by atoms with E-state index in [1.807, 2.05) is 0 Å². The Morgan fingerprint density at radius 2 is 2.22 bits per heavy atom. The number of nitrogens with one attached hydrogen (secondary N) is 1. The van der Waals surface area contributed by atoms with Gasteiger partial charge < -0.3 is 10.4 Å². The Labute approximate surface area is 120 Å². The summed E-state index contributed by atoms with van der Waals surface area (Å²) in [5.74, 6) is -0.156. The molecule has 2 rings (SSSR count). The monoisotopic (exact) mass is 331 g/mol. The van der Waals surface area contributed by atoms with E-state index in [4.69, 9.17) is 16.7 Å². The van der Waals surface area contributed by atoms with Gasteiger partial charge in [0.25, 0.3) is 5.91 Å². The molecule has 1 aromatic carbocycles. The van der Waals surface area contributed by atoms with Gasteiger partial charge in [-0.2, -0.15) is 0 Å². The molecule has 0 spiro atoms. The van der Waals surface area contributed by atoms with Crippen LogP contribution in [-0.2, 0) is 0 Å². The van der Waals surface area contributed by atoms with Crippen LogP contribution in [0.4, 0.5) is 0 Å². The summed E-state index contributed by atoms with van der Waals surface area (Å²) in [7, 11) is 0. The molecule has 0 heterocycles. The largest absolute Gasteiger partial charge is 0.396 e. The highest BCUT2D eigenvalue weighted by molar-refractivity contribution is 9.10. The maximum Gasteiger partial charge on any atom is 0.252 e. The van der Waals surface area contributed by atoms with Crippen molar-refractivity contribution in [2.45, 2.75) is 19.3 Å². The summed E-state index contributed by atoms with van der Waals surface area (Å²) in [6.07, 6.45) is 2.89. The summed E-state index contributed by atoms with van der Waals surface area (Å²) in [6, 6.07) is 5.20. The molecule has 1 aliphatic rings. The number of aliphatic hydroxyl groups is 1. The fourth-order valence-electron chi connectivity index (χ4n) is 1.97. The molecule has 3 nitrogen and oxygen atoms in total. The van der Waals surface area contributed by atoms with E-state index in [0.29, 0.717) is 17.1 Å². The van der Waals surface area contributed by atoms with Crippen molar-refractivity contribution in [3.05, 3.63) is 33.3 Å². The van der Waals surface area contributed by atoms with Crippen molar-refractivity contribution in [1.29, 1.82) is 0 Å². The number of halogens is 2. The van der Waals surface area contributed by atoms with Crippen LogP contribution in [0.3, 0.4) is 0 Å². The molecule has 0 atom stereocenters. The predicted molar refractivity (Wildman–Crippen MR) is 74.9 cm³/mol. The molecule has 0 radical (unpaired) electrons. The van der Waals surface area contributed by atoms with Gasteiger partial charge in [-0.15, -0.1) is 0 Å². The molecule has 1 fully saturated rings. The quantitative estimate of drug-likeness (QED) is 0.871. The SMILES string of the molecule is O=C(NCC1(CCO)CC1)c1ccc(Br)cc1Cl. The second-order valence-electron chi connectivity index (χ2n) is 4.78. The number of aliphatic hydroxyl groups excluding tert-OH is 1. The Hall–Kier alpha value is -0.580. The van der Waals surface area contributed by atoms with Crippen LogP contribution in [0.2, 0.25) is 5.02 Å². The summed E-state index contributed by atoms with van der Waals surface area (Å²) in [4.78, 5) is 12.0. The van der Waals surface area contributed by atoms with Gasteiger partial charge in [0.05, 0.1) is 10.6 Å². The molecular formula is C13H15BrClNO2. The van der Waals surface area contributed by atoms with Crippen molar-refractivity contribution in [1.82, 2.24) is 5.32 Å².